The van der Waals surface area contributed by atoms with Crippen molar-refractivity contribution in [1.82, 2.24) is 5.32 Å². The largest absolute Gasteiger partial charge is 0.480 e. The molecular weight excluding hydrogens is 214 g/mol. The molecule has 0 aliphatic heterocycles. The van der Waals surface area contributed by atoms with Gasteiger partial charge < -0.3 is 20.6 Å². The van der Waals surface area contributed by atoms with Crippen LogP contribution in [0.5, 0.6) is 0 Å². The van der Waals surface area contributed by atoms with Gasteiger partial charge in [-0.05, 0) is 26.7 Å². The molecule has 1 amide bonds. The van der Waals surface area contributed by atoms with Gasteiger partial charge in [-0.25, -0.2) is 9.59 Å². The molecule has 16 heavy (non-hydrogen) atoms. The fraction of sp³-hybridized carbons (Fsp3) is 0.800. The predicted octanol–water partition coefficient (Wildman–Crippen LogP) is 0.796. The van der Waals surface area contributed by atoms with E-state index in [0.717, 1.165) is 0 Å². The third-order valence-electron chi connectivity index (χ3n) is 1.60. The molecule has 0 rings (SSSR count). The second-order valence-electron chi connectivity index (χ2n) is 4.71. The van der Waals surface area contributed by atoms with Gasteiger partial charge in [-0.1, -0.05) is 13.8 Å². The van der Waals surface area contributed by atoms with Gasteiger partial charge in [0.2, 0.25) is 0 Å². The predicted molar refractivity (Wildman–Crippen MR) is 59.2 cm³/mol. The quantitative estimate of drug-likeness (QED) is 0.754. The third-order valence-corrected chi connectivity index (χ3v) is 1.60. The lowest BCUT2D eigenvalue weighted by Crippen LogP contribution is -2.46. The molecule has 1 atom stereocenters. The van der Waals surface area contributed by atoms with Gasteiger partial charge in [-0.2, -0.15) is 0 Å². The van der Waals surface area contributed by atoms with E-state index in [-0.39, 0.29) is 11.4 Å². The minimum Gasteiger partial charge on any atom is -0.480 e. The second-order valence-corrected chi connectivity index (χ2v) is 4.71. The number of hydrogen-bond donors (Lipinski definition) is 2. The summed E-state index contributed by atoms with van der Waals surface area (Å²) >= 11 is 0. The van der Waals surface area contributed by atoms with Crippen molar-refractivity contribution in [3.63, 3.8) is 0 Å². The highest BCUT2D eigenvalue weighted by Crippen LogP contribution is 2.08. The summed E-state index contributed by atoms with van der Waals surface area (Å²) in [6.45, 7) is 8.60. The van der Waals surface area contributed by atoms with Crippen LogP contribution in [0.2, 0.25) is 0 Å². The summed E-state index contributed by atoms with van der Waals surface area (Å²) in [5.41, 5.74) is -0.621. The molecule has 96 valence electrons. The van der Waals surface area contributed by atoms with Crippen molar-refractivity contribution in [3.05, 3.63) is 0 Å². The van der Waals surface area contributed by atoms with Crippen molar-refractivity contribution in [3.8, 4) is 0 Å². The number of rotatable bonds is 3. The average molecular weight is 235 g/mol. The number of alkyl carbamates (subject to hydrolysis) is 1. The van der Waals surface area contributed by atoms with Crippen molar-refractivity contribution in [2.45, 2.75) is 46.3 Å². The minimum absolute atomic E-state index is 0. The number of carbonyl (C=O) groups is 2. The molecule has 0 spiro atoms. The summed E-state index contributed by atoms with van der Waals surface area (Å²) in [6.07, 6.45) is -0.705. The van der Waals surface area contributed by atoms with Gasteiger partial charge in [0.1, 0.15) is 11.6 Å². The second kappa shape index (κ2) is 6.32. The Morgan fingerprint density at radius 2 is 1.69 bits per heavy atom. The molecule has 0 heterocycles. The first-order valence-corrected chi connectivity index (χ1v) is 4.86. The molecule has 0 aliphatic carbocycles. The van der Waals surface area contributed by atoms with Gasteiger partial charge in [0.15, 0.2) is 0 Å². The molecule has 0 aliphatic rings. The average Bonchev–Trinajstić information content (AvgIpc) is 1.95. The Morgan fingerprint density at radius 1 is 1.25 bits per heavy atom. The maximum Gasteiger partial charge on any atom is 0.408 e. The molecule has 0 aromatic rings. The topological polar surface area (TPSA) is 107 Å². The number of aliphatic carboxylic acids is 1. The molecule has 0 saturated heterocycles. The fourth-order valence-electron chi connectivity index (χ4n) is 0.948. The lowest BCUT2D eigenvalue weighted by atomic mass is 10.1. The highest BCUT2D eigenvalue weighted by molar-refractivity contribution is 5.80. The van der Waals surface area contributed by atoms with E-state index in [2.05, 4.69) is 5.32 Å². The zero-order chi connectivity index (χ0) is 12.2. The van der Waals surface area contributed by atoms with Crippen LogP contribution < -0.4 is 5.32 Å². The van der Waals surface area contributed by atoms with Crippen LogP contribution in [0.1, 0.15) is 34.6 Å². The van der Waals surface area contributed by atoms with Crippen LogP contribution in [0.15, 0.2) is 0 Å². The monoisotopic (exact) mass is 235 g/mol. The molecule has 0 saturated carbocycles. The van der Waals surface area contributed by atoms with Crippen LogP contribution >= 0.6 is 0 Å². The third kappa shape index (κ3) is 7.05. The summed E-state index contributed by atoms with van der Waals surface area (Å²) in [7, 11) is 0. The number of carboxylic acid groups (broad SMARTS) is 1. The number of hydrogen-bond acceptors (Lipinski definition) is 3. The Kier molecular flexibility index (Phi) is 6.76. The van der Waals surface area contributed by atoms with Gasteiger partial charge in [-0.15, -0.1) is 0 Å². The molecule has 4 N–H and O–H groups in total. The number of ether oxygens (including phenoxy) is 1. The van der Waals surface area contributed by atoms with Gasteiger partial charge in [0.25, 0.3) is 0 Å². The minimum atomic E-state index is -1.06. The number of nitrogens with one attached hydrogen (secondary N) is 1. The summed E-state index contributed by atoms with van der Waals surface area (Å²) in [5, 5.41) is 11.1. The van der Waals surface area contributed by atoms with Crippen molar-refractivity contribution in [1.29, 1.82) is 0 Å². The van der Waals surface area contributed by atoms with E-state index in [1.54, 1.807) is 34.6 Å². The van der Waals surface area contributed by atoms with E-state index in [4.69, 9.17) is 9.84 Å². The van der Waals surface area contributed by atoms with Gasteiger partial charge in [0, 0.05) is 0 Å². The normalized spacial score (nSPS) is 12.6. The zero-order valence-electron chi connectivity index (χ0n) is 10.3. The van der Waals surface area contributed by atoms with Crippen molar-refractivity contribution >= 4 is 12.1 Å². The molecule has 0 unspecified atom stereocenters. The highest BCUT2D eigenvalue weighted by Gasteiger charge is 2.26. The van der Waals surface area contributed by atoms with Crippen LogP contribution in [0.25, 0.3) is 0 Å². The Balaban J connectivity index is 0. The molecular formula is C10H21NO5. The first-order chi connectivity index (χ1) is 6.63. The Bertz CT molecular complexity index is 244. The highest BCUT2D eigenvalue weighted by atomic mass is 16.6. The van der Waals surface area contributed by atoms with E-state index in [0.29, 0.717) is 0 Å². The summed E-state index contributed by atoms with van der Waals surface area (Å²) in [6, 6.07) is -0.917. The van der Waals surface area contributed by atoms with Crippen molar-refractivity contribution in [2.75, 3.05) is 0 Å². The Hall–Kier alpha value is -1.30. The lowest BCUT2D eigenvalue weighted by molar-refractivity contribution is -0.140. The first kappa shape index (κ1) is 17.1. The van der Waals surface area contributed by atoms with Gasteiger partial charge in [-0.3, -0.25) is 0 Å². The molecule has 6 heteroatoms. The smallest absolute Gasteiger partial charge is 0.408 e. The van der Waals surface area contributed by atoms with Crippen LogP contribution in [-0.2, 0) is 9.53 Å². The molecule has 0 bridgehead atoms. The standard InChI is InChI=1S/C10H19NO4.H2O/c1-6(2)7(8(12)13)11-9(14)15-10(3,4)5;/h6-7H,1-5H3,(H,11,14)(H,12,13);1H2/t7-;/m0./s1. The van der Waals surface area contributed by atoms with Crippen LogP contribution in [0.3, 0.4) is 0 Å². The van der Waals surface area contributed by atoms with E-state index in [1.807, 2.05) is 0 Å². The molecule has 0 fully saturated rings. The SMILES string of the molecule is CC(C)[C@H](NC(=O)OC(C)(C)C)C(=O)O.O. The zero-order valence-corrected chi connectivity index (χ0v) is 10.3. The van der Waals surface area contributed by atoms with Crippen molar-refractivity contribution in [2.24, 2.45) is 5.92 Å². The molecule has 6 nitrogen and oxygen atoms in total. The Labute approximate surface area is 95.3 Å². The van der Waals surface area contributed by atoms with E-state index < -0.39 is 23.7 Å². The fourth-order valence-corrected chi connectivity index (χ4v) is 0.948. The Morgan fingerprint density at radius 3 is 1.94 bits per heavy atom. The molecule has 0 radical (unpaired) electrons. The maximum atomic E-state index is 11.3. The number of carbonyl (C=O) groups excluding carboxylic acids is 1. The van der Waals surface area contributed by atoms with Crippen LogP contribution in [0, 0.1) is 5.92 Å². The van der Waals surface area contributed by atoms with Crippen molar-refractivity contribution < 1.29 is 24.9 Å². The summed E-state index contributed by atoms with van der Waals surface area (Å²) in [5.74, 6) is -1.24. The number of carboxylic acids is 1. The van der Waals surface area contributed by atoms with E-state index >= 15 is 0 Å². The van der Waals surface area contributed by atoms with Crippen LogP contribution in [0.4, 0.5) is 4.79 Å². The number of amides is 1. The van der Waals surface area contributed by atoms with Gasteiger partial charge >= 0.3 is 12.1 Å². The maximum absolute atomic E-state index is 11.3. The summed E-state index contributed by atoms with van der Waals surface area (Å²) < 4.78 is 4.96. The first-order valence-electron chi connectivity index (χ1n) is 4.86. The molecule has 0 aromatic heterocycles. The van der Waals surface area contributed by atoms with Crippen LogP contribution in [-0.4, -0.2) is 34.3 Å². The van der Waals surface area contributed by atoms with Gasteiger partial charge in [0.05, 0.1) is 0 Å². The lowest BCUT2D eigenvalue weighted by Gasteiger charge is -2.23. The van der Waals surface area contributed by atoms with E-state index in [9.17, 15) is 9.59 Å². The van der Waals surface area contributed by atoms with E-state index in [1.165, 1.54) is 0 Å². The summed E-state index contributed by atoms with van der Waals surface area (Å²) in [4.78, 5) is 22.1. The molecule has 0 aromatic carbocycles.